The van der Waals surface area contributed by atoms with Gasteiger partial charge in [0.25, 0.3) is 0 Å². The lowest BCUT2D eigenvalue weighted by atomic mass is 9.79. The molecule has 0 saturated carbocycles. The molecule has 0 radical (unpaired) electrons. The van der Waals surface area contributed by atoms with E-state index in [4.69, 9.17) is 9.84 Å². The minimum Gasteiger partial charge on any atom is -0.547 e. The van der Waals surface area contributed by atoms with E-state index in [9.17, 15) is 0 Å². The van der Waals surface area contributed by atoms with Crippen LogP contribution in [0.5, 0.6) is 5.75 Å². The van der Waals surface area contributed by atoms with E-state index in [0.717, 1.165) is 25.1 Å². The van der Waals surface area contributed by atoms with Crippen LogP contribution in [0, 0.1) is 5.41 Å². The molecule has 144 valence electrons. The zero-order valence-corrected chi connectivity index (χ0v) is 19.2. The predicted octanol–water partition coefficient (Wildman–Crippen LogP) is 5.31. The van der Waals surface area contributed by atoms with E-state index in [2.05, 4.69) is 82.1 Å². The highest BCUT2D eigenvalue weighted by atomic mass is 35.5. The first-order valence-corrected chi connectivity index (χ1v) is 12.2. The molecular weight excluding hydrogens is 380 g/mol. The van der Waals surface area contributed by atoms with Crippen LogP contribution in [0.15, 0.2) is 30.3 Å². The van der Waals surface area contributed by atoms with Crippen LogP contribution >= 0.6 is 25.0 Å². The van der Waals surface area contributed by atoms with Crippen molar-refractivity contribution >= 4 is 50.0 Å². The van der Waals surface area contributed by atoms with Gasteiger partial charge in [0, 0.05) is 6.54 Å². The van der Waals surface area contributed by atoms with Crippen LogP contribution in [0.4, 0.5) is 0 Å². The van der Waals surface area contributed by atoms with E-state index in [-0.39, 0.29) is 23.0 Å². The number of hydrogen-bond acceptors (Lipinski definition) is 2. The van der Waals surface area contributed by atoms with E-state index in [1.54, 1.807) is 0 Å². The number of fused-ring (bicyclic) bond motifs is 1. The van der Waals surface area contributed by atoms with Gasteiger partial charge in [-0.3, -0.25) is 5.41 Å². The highest BCUT2D eigenvalue weighted by Crippen LogP contribution is 2.39. The summed E-state index contributed by atoms with van der Waals surface area (Å²) in [5.41, 5.74) is 2.74. The van der Waals surface area contributed by atoms with Crippen molar-refractivity contribution in [1.82, 2.24) is 5.32 Å². The molecule has 0 spiro atoms. The summed E-state index contributed by atoms with van der Waals surface area (Å²) in [5.74, 6) is 1.05. The maximum atomic E-state index is 7.40. The molecule has 0 bridgehead atoms. The molecule has 0 aliphatic heterocycles. The van der Waals surface area contributed by atoms with E-state index in [0.29, 0.717) is 0 Å². The number of amidine groups is 1. The largest absolute Gasteiger partial charge is 0.547 e. The van der Waals surface area contributed by atoms with Gasteiger partial charge in [0.15, 0.2) is 5.17 Å². The molecule has 0 heterocycles. The van der Waals surface area contributed by atoms with Gasteiger partial charge in [0.05, 0.1) is 0 Å². The fourth-order valence-electron chi connectivity index (χ4n) is 3.30. The highest BCUT2D eigenvalue weighted by molar-refractivity contribution is 7.96. The summed E-state index contributed by atoms with van der Waals surface area (Å²) in [7, 11) is -1.20. The van der Waals surface area contributed by atoms with Gasteiger partial charge in [-0.2, -0.15) is 0 Å². The van der Waals surface area contributed by atoms with Crippen molar-refractivity contribution in [1.29, 1.82) is 5.41 Å². The van der Waals surface area contributed by atoms with E-state index >= 15 is 0 Å². The fourth-order valence-corrected chi connectivity index (χ4v) is 4.13. The van der Waals surface area contributed by atoms with Crippen molar-refractivity contribution in [2.45, 2.75) is 52.1 Å². The second kappa shape index (κ2) is 9.67. The maximum Gasteiger partial charge on any atom is 0.229 e. The Morgan fingerprint density at radius 1 is 1.23 bits per heavy atom. The molecule has 0 amide bonds. The number of thiol groups is 1. The standard InChI is InChI=1S/C20H30N2OSSi.ClH/c1-20(2,3)18-15-10-7-6-9-14(15)13-17(23-25(4)5)16(18)11-8-12-22-19(21)24;/h6-7,9-10,13,25H,8,11-12H2,1-5H3,(H3,21,22,24);1H. The van der Waals surface area contributed by atoms with Crippen molar-refractivity contribution in [2.24, 2.45) is 0 Å². The molecule has 2 rings (SSSR count). The molecule has 2 N–H and O–H groups in total. The van der Waals surface area contributed by atoms with Crippen molar-refractivity contribution in [3.63, 3.8) is 0 Å². The molecule has 0 aliphatic carbocycles. The average Bonchev–Trinajstić information content (AvgIpc) is 2.49. The van der Waals surface area contributed by atoms with Crippen LogP contribution in [0.25, 0.3) is 10.8 Å². The Labute approximate surface area is 171 Å². The Balaban J connectivity index is 0.00000338. The van der Waals surface area contributed by atoms with E-state index in [1.807, 2.05) is 0 Å². The minimum absolute atomic E-state index is 0. The summed E-state index contributed by atoms with van der Waals surface area (Å²) in [6.07, 6.45) is 1.88. The van der Waals surface area contributed by atoms with Crippen molar-refractivity contribution in [3.8, 4) is 5.75 Å². The third-order valence-corrected chi connectivity index (χ3v) is 5.01. The SMILES string of the molecule is C[SiH](C)Oc1cc2ccccc2c(C(C)(C)C)c1CCCNC(=N)S.Cl. The van der Waals surface area contributed by atoms with Crippen molar-refractivity contribution in [2.75, 3.05) is 6.54 Å². The summed E-state index contributed by atoms with van der Waals surface area (Å²) < 4.78 is 6.33. The number of hydrogen-bond donors (Lipinski definition) is 3. The van der Waals surface area contributed by atoms with Crippen molar-refractivity contribution < 1.29 is 4.43 Å². The first-order chi connectivity index (χ1) is 11.7. The molecule has 3 nitrogen and oxygen atoms in total. The Morgan fingerprint density at radius 2 is 1.88 bits per heavy atom. The van der Waals surface area contributed by atoms with Gasteiger partial charge in [-0.25, -0.2) is 0 Å². The van der Waals surface area contributed by atoms with Gasteiger partial charge in [-0.1, -0.05) is 45.0 Å². The van der Waals surface area contributed by atoms with Crippen LogP contribution in [0.2, 0.25) is 13.1 Å². The molecule has 0 aliphatic rings. The monoisotopic (exact) mass is 410 g/mol. The number of halogens is 1. The summed E-state index contributed by atoms with van der Waals surface area (Å²) in [5, 5.41) is 13.2. The molecule has 0 aromatic heterocycles. The second-order valence-corrected chi connectivity index (χ2v) is 10.5. The van der Waals surface area contributed by atoms with Crippen LogP contribution in [-0.4, -0.2) is 20.8 Å². The van der Waals surface area contributed by atoms with Crippen LogP contribution < -0.4 is 9.74 Å². The average molecular weight is 411 g/mol. The van der Waals surface area contributed by atoms with Gasteiger partial charge in [-0.05, 0) is 59.3 Å². The summed E-state index contributed by atoms with van der Waals surface area (Å²) >= 11 is 3.99. The molecule has 0 fully saturated rings. The highest BCUT2D eigenvalue weighted by Gasteiger charge is 2.24. The topological polar surface area (TPSA) is 45.1 Å². The van der Waals surface area contributed by atoms with Crippen LogP contribution in [0.3, 0.4) is 0 Å². The smallest absolute Gasteiger partial charge is 0.229 e. The fraction of sp³-hybridized carbons (Fsp3) is 0.450. The predicted molar refractivity (Wildman–Crippen MR) is 122 cm³/mol. The molecule has 2 aromatic carbocycles. The Hall–Kier alpha value is -1.17. The van der Waals surface area contributed by atoms with Gasteiger partial charge >= 0.3 is 0 Å². The van der Waals surface area contributed by atoms with Gasteiger partial charge in [0.2, 0.25) is 9.04 Å². The number of rotatable bonds is 6. The van der Waals surface area contributed by atoms with Gasteiger partial charge in [0.1, 0.15) is 5.75 Å². The first-order valence-electron chi connectivity index (χ1n) is 8.93. The molecule has 0 saturated heterocycles. The third-order valence-electron chi connectivity index (χ3n) is 4.12. The molecular formula is C20H31ClN2OSSi. The summed E-state index contributed by atoms with van der Waals surface area (Å²) in [4.78, 5) is 0. The quantitative estimate of drug-likeness (QED) is 0.199. The number of nitrogens with one attached hydrogen (secondary N) is 2. The van der Waals surface area contributed by atoms with Crippen LogP contribution in [-0.2, 0) is 11.8 Å². The molecule has 0 unspecified atom stereocenters. The summed E-state index contributed by atoms with van der Waals surface area (Å²) in [6, 6.07) is 10.8. The normalized spacial score (nSPS) is 11.3. The van der Waals surface area contributed by atoms with Gasteiger partial charge in [-0.15, -0.1) is 25.0 Å². The first kappa shape index (κ1) is 22.9. The zero-order chi connectivity index (χ0) is 18.6. The lowest BCUT2D eigenvalue weighted by Gasteiger charge is -2.28. The third kappa shape index (κ3) is 5.93. The second-order valence-electron chi connectivity index (χ2n) is 7.74. The Kier molecular flexibility index (Phi) is 8.51. The van der Waals surface area contributed by atoms with Crippen LogP contribution in [0.1, 0.15) is 38.3 Å². The Morgan fingerprint density at radius 3 is 2.46 bits per heavy atom. The van der Waals surface area contributed by atoms with E-state index in [1.165, 1.54) is 21.9 Å². The molecule has 6 heteroatoms. The van der Waals surface area contributed by atoms with Crippen molar-refractivity contribution in [3.05, 3.63) is 41.5 Å². The molecule has 26 heavy (non-hydrogen) atoms. The lowest BCUT2D eigenvalue weighted by Crippen LogP contribution is -2.21. The summed E-state index contributed by atoms with van der Waals surface area (Å²) in [6.45, 7) is 12.0. The van der Waals surface area contributed by atoms with Gasteiger partial charge < -0.3 is 9.74 Å². The Bertz CT molecular complexity index is 759. The maximum absolute atomic E-state index is 7.40. The number of benzene rings is 2. The molecule has 0 atom stereocenters. The lowest BCUT2D eigenvalue weighted by molar-refractivity contribution is 0.546. The zero-order valence-electron chi connectivity index (χ0n) is 16.3. The van der Waals surface area contributed by atoms with E-state index < -0.39 is 9.04 Å². The minimum atomic E-state index is -1.20. The molecule has 2 aromatic rings.